The van der Waals surface area contributed by atoms with E-state index in [9.17, 15) is 4.79 Å². The number of benzene rings is 1. The molecule has 0 aliphatic heterocycles. The van der Waals surface area contributed by atoms with Crippen molar-refractivity contribution in [1.29, 1.82) is 0 Å². The molecule has 0 bridgehead atoms. The monoisotopic (exact) mass is 390 g/mol. The molecule has 1 amide bonds. The highest BCUT2D eigenvalue weighted by Gasteiger charge is 2.11. The molecule has 2 N–H and O–H groups in total. The lowest BCUT2D eigenvalue weighted by atomic mass is 10.2. The van der Waals surface area contributed by atoms with E-state index in [1.165, 1.54) is 0 Å². The highest BCUT2D eigenvalue weighted by molar-refractivity contribution is 6.03. The highest BCUT2D eigenvalue weighted by Crippen LogP contribution is 2.18. The van der Waals surface area contributed by atoms with Crippen molar-refractivity contribution in [1.82, 2.24) is 15.0 Å². The van der Waals surface area contributed by atoms with Crippen molar-refractivity contribution < 1.29 is 4.79 Å². The van der Waals surface area contributed by atoms with Gasteiger partial charge in [0.1, 0.15) is 5.69 Å². The lowest BCUT2D eigenvalue weighted by Crippen LogP contribution is -2.21. The molecule has 0 atom stereocenters. The Balaban J connectivity index is 1.68. The van der Waals surface area contributed by atoms with Crippen molar-refractivity contribution in [3.05, 3.63) is 71.8 Å². The normalized spacial score (nSPS) is 10.4. The van der Waals surface area contributed by atoms with Crippen molar-refractivity contribution in [3.8, 4) is 0 Å². The van der Waals surface area contributed by atoms with Crippen molar-refractivity contribution >= 4 is 23.2 Å². The summed E-state index contributed by atoms with van der Waals surface area (Å²) in [5, 5.41) is 6.05. The number of hydrogen-bond acceptors (Lipinski definition) is 6. The molecule has 0 radical (unpaired) electrons. The van der Waals surface area contributed by atoms with Crippen LogP contribution in [0.4, 0.5) is 17.3 Å². The summed E-state index contributed by atoms with van der Waals surface area (Å²) in [7, 11) is 0. The van der Waals surface area contributed by atoms with Gasteiger partial charge in [-0.3, -0.25) is 9.78 Å². The molecule has 1 aromatic carbocycles. The highest BCUT2D eigenvalue weighted by atomic mass is 16.1. The molecule has 7 nitrogen and oxygen atoms in total. The third-order valence-electron chi connectivity index (χ3n) is 4.51. The standard InChI is InChI=1S/C22H26N6O/c1-4-28(5-2)19-10-8-18(9-11-19)26-21(29)20-13-16(3)25-22(27-20)24-15-17-7-6-12-23-14-17/h6-14H,4-5,15H2,1-3H3,(H,26,29)(H,24,25,27). The molecule has 3 aromatic rings. The molecule has 0 aliphatic carbocycles. The fraction of sp³-hybridized carbons (Fsp3) is 0.273. The second-order valence-corrected chi connectivity index (χ2v) is 6.61. The van der Waals surface area contributed by atoms with E-state index >= 15 is 0 Å². The number of amides is 1. The third-order valence-corrected chi connectivity index (χ3v) is 4.51. The molecule has 0 saturated heterocycles. The predicted molar refractivity (Wildman–Crippen MR) is 116 cm³/mol. The van der Waals surface area contributed by atoms with Gasteiger partial charge in [0.15, 0.2) is 0 Å². The number of aryl methyl sites for hydroxylation is 1. The topological polar surface area (TPSA) is 83.0 Å². The fourth-order valence-corrected chi connectivity index (χ4v) is 2.99. The molecule has 2 heterocycles. The zero-order valence-corrected chi connectivity index (χ0v) is 17.0. The summed E-state index contributed by atoms with van der Waals surface area (Å²) < 4.78 is 0. The van der Waals surface area contributed by atoms with E-state index in [1.807, 2.05) is 43.3 Å². The lowest BCUT2D eigenvalue weighted by Gasteiger charge is -2.21. The van der Waals surface area contributed by atoms with Gasteiger partial charge in [-0.15, -0.1) is 0 Å². The van der Waals surface area contributed by atoms with Crippen LogP contribution < -0.4 is 15.5 Å². The van der Waals surface area contributed by atoms with Gasteiger partial charge in [-0.05, 0) is 62.7 Å². The number of nitrogens with zero attached hydrogens (tertiary/aromatic N) is 4. The minimum atomic E-state index is -0.268. The van der Waals surface area contributed by atoms with Crippen LogP contribution in [0.15, 0.2) is 54.9 Å². The van der Waals surface area contributed by atoms with Gasteiger partial charge in [0.25, 0.3) is 5.91 Å². The van der Waals surface area contributed by atoms with Crippen LogP contribution in [0.2, 0.25) is 0 Å². The minimum Gasteiger partial charge on any atom is -0.372 e. The van der Waals surface area contributed by atoms with Gasteiger partial charge in [0.05, 0.1) is 0 Å². The molecule has 0 fully saturated rings. The Kier molecular flexibility index (Phi) is 6.73. The van der Waals surface area contributed by atoms with Gasteiger partial charge in [0.2, 0.25) is 5.95 Å². The number of carbonyl (C=O) groups excluding carboxylic acids is 1. The summed E-state index contributed by atoms with van der Waals surface area (Å²) in [6, 6.07) is 13.3. The first-order valence-corrected chi connectivity index (χ1v) is 9.74. The van der Waals surface area contributed by atoms with E-state index in [0.717, 1.165) is 35.7 Å². The maximum absolute atomic E-state index is 12.7. The SMILES string of the molecule is CCN(CC)c1ccc(NC(=O)c2cc(C)nc(NCc3cccnc3)n2)cc1. The third kappa shape index (κ3) is 5.51. The Morgan fingerprint density at radius 1 is 1.07 bits per heavy atom. The summed E-state index contributed by atoms with van der Waals surface area (Å²) in [4.78, 5) is 27.7. The van der Waals surface area contributed by atoms with Gasteiger partial charge in [-0.1, -0.05) is 6.07 Å². The number of rotatable bonds is 8. The molecule has 7 heteroatoms. The Labute approximate surface area is 171 Å². The molecule has 2 aromatic heterocycles. The van der Waals surface area contributed by atoms with Crippen molar-refractivity contribution in [3.63, 3.8) is 0 Å². The molecule has 0 saturated carbocycles. The molecule has 3 rings (SSSR count). The first-order valence-electron chi connectivity index (χ1n) is 9.74. The first kappa shape index (κ1) is 20.3. The second-order valence-electron chi connectivity index (χ2n) is 6.61. The first-order chi connectivity index (χ1) is 14.1. The summed E-state index contributed by atoms with van der Waals surface area (Å²) in [5.74, 6) is 0.145. The summed E-state index contributed by atoms with van der Waals surface area (Å²) in [6.45, 7) is 8.50. The Hall–Kier alpha value is -3.48. The minimum absolute atomic E-state index is 0.268. The average molecular weight is 390 g/mol. The van der Waals surface area contributed by atoms with Gasteiger partial charge in [-0.2, -0.15) is 0 Å². The van der Waals surface area contributed by atoms with Gasteiger partial charge in [-0.25, -0.2) is 9.97 Å². The summed E-state index contributed by atoms with van der Waals surface area (Å²) >= 11 is 0. The molecule has 0 aliphatic rings. The van der Waals surface area contributed by atoms with E-state index < -0.39 is 0 Å². The molecule has 150 valence electrons. The zero-order chi connectivity index (χ0) is 20.6. The van der Waals surface area contributed by atoms with Gasteiger partial charge >= 0.3 is 0 Å². The maximum atomic E-state index is 12.7. The van der Waals surface area contributed by atoms with E-state index in [0.29, 0.717) is 18.2 Å². The van der Waals surface area contributed by atoms with Crippen LogP contribution in [0.3, 0.4) is 0 Å². The number of aromatic nitrogens is 3. The Morgan fingerprint density at radius 2 is 1.83 bits per heavy atom. The van der Waals surface area contributed by atoms with Crippen molar-refractivity contribution in [2.24, 2.45) is 0 Å². The van der Waals surface area contributed by atoms with Crippen LogP contribution in [0.5, 0.6) is 0 Å². The molecular weight excluding hydrogens is 364 g/mol. The van der Waals surface area contributed by atoms with E-state index in [4.69, 9.17) is 0 Å². The quantitative estimate of drug-likeness (QED) is 0.607. The molecule has 29 heavy (non-hydrogen) atoms. The smallest absolute Gasteiger partial charge is 0.274 e. The van der Waals surface area contributed by atoms with E-state index in [1.54, 1.807) is 18.5 Å². The summed E-state index contributed by atoms with van der Waals surface area (Å²) in [6.07, 6.45) is 3.50. The van der Waals surface area contributed by atoms with Gasteiger partial charge in [0, 0.05) is 49.1 Å². The van der Waals surface area contributed by atoms with Crippen molar-refractivity contribution in [2.75, 3.05) is 28.6 Å². The molecular formula is C22H26N6O. The van der Waals surface area contributed by atoms with Crippen LogP contribution in [0, 0.1) is 6.92 Å². The fourth-order valence-electron chi connectivity index (χ4n) is 2.99. The van der Waals surface area contributed by atoms with Gasteiger partial charge < -0.3 is 15.5 Å². The number of nitrogens with one attached hydrogen (secondary N) is 2. The maximum Gasteiger partial charge on any atom is 0.274 e. The van der Waals surface area contributed by atoms with Crippen LogP contribution in [0.25, 0.3) is 0 Å². The number of hydrogen-bond donors (Lipinski definition) is 2. The van der Waals surface area contributed by atoms with Crippen LogP contribution in [0.1, 0.15) is 35.6 Å². The Morgan fingerprint density at radius 3 is 2.48 bits per heavy atom. The van der Waals surface area contributed by atoms with E-state index in [-0.39, 0.29) is 5.91 Å². The Bertz CT molecular complexity index is 939. The lowest BCUT2D eigenvalue weighted by molar-refractivity contribution is 0.102. The van der Waals surface area contributed by atoms with E-state index in [2.05, 4.69) is 44.3 Å². The summed E-state index contributed by atoms with van der Waals surface area (Å²) in [5.41, 5.74) is 3.91. The van der Waals surface area contributed by atoms with Crippen LogP contribution >= 0.6 is 0 Å². The number of pyridine rings is 1. The molecule has 0 unspecified atom stereocenters. The number of carbonyl (C=O) groups is 1. The predicted octanol–water partition coefficient (Wildman–Crippen LogP) is 3.89. The second kappa shape index (κ2) is 9.64. The number of anilines is 3. The zero-order valence-electron chi connectivity index (χ0n) is 17.0. The van der Waals surface area contributed by atoms with Crippen LogP contribution in [-0.2, 0) is 6.54 Å². The average Bonchev–Trinajstić information content (AvgIpc) is 2.74. The van der Waals surface area contributed by atoms with Crippen molar-refractivity contribution in [2.45, 2.75) is 27.3 Å². The largest absolute Gasteiger partial charge is 0.372 e. The van der Waals surface area contributed by atoms with Crippen LogP contribution in [-0.4, -0.2) is 33.9 Å². The molecule has 0 spiro atoms.